The molecule has 0 saturated heterocycles. The number of aliphatic hydroxyl groups is 1. The first-order chi connectivity index (χ1) is 9.43. The van der Waals surface area contributed by atoms with Gasteiger partial charge in [0.05, 0.1) is 6.61 Å². The summed E-state index contributed by atoms with van der Waals surface area (Å²) in [6.45, 7) is 11.2. The van der Waals surface area contributed by atoms with Crippen molar-refractivity contribution in [3.05, 3.63) is 28.2 Å². The maximum absolute atomic E-state index is 9.60. The highest BCUT2D eigenvalue weighted by Crippen LogP contribution is 2.26. The third kappa shape index (κ3) is 5.84. The van der Waals surface area contributed by atoms with E-state index in [0.29, 0.717) is 11.8 Å². The minimum absolute atomic E-state index is 0.0919. The summed E-state index contributed by atoms with van der Waals surface area (Å²) in [7, 11) is 0. The van der Waals surface area contributed by atoms with Crippen LogP contribution in [0.5, 0.6) is 0 Å². The zero-order valence-corrected chi connectivity index (χ0v) is 14.8. The standard InChI is InChI=1S/C17H28BrNO/c1-13(2)7-9-19(10-8-14(3)4)17-6-5-16(18)11-15(17)12-20/h5-6,11,13-14,20H,7-10,12H2,1-4H3. The lowest BCUT2D eigenvalue weighted by molar-refractivity contribution is 0.282. The van der Waals surface area contributed by atoms with Crippen molar-refractivity contribution in [1.82, 2.24) is 0 Å². The van der Waals surface area contributed by atoms with Gasteiger partial charge in [0.2, 0.25) is 0 Å². The number of aliphatic hydroxyl groups excluding tert-OH is 1. The molecule has 0 atom stereocenters. The SMILES string of the molecule is CC(C)CCN(CCC(C)C)c1ccc(Br)cc1CO. The number of hydrogen-bond donors (Lipinski definition) is 1. The third-order valence-corrected chi connectivity index (χ3v) is 4.00. The van der Waals surface area contributed by atoms with Gasteiger partial charge >= 0.3 is 0 Å². The van der Waals surface area contributed by atoms with Gasteiger partial charge in [-0.1, -0.05) is 43.6 Å². The molecule has 1 N–H and O–H groups in total. The Morgan fingerprint density at radius 3 is 2.05 bits per heavy atom. The van der Waals surface area contributed by atoms with Crippen LogP contribution in [0.25, 0.3) is 0 Å². The minimum Gasteiger partial charge on any atom is -0.392 e. The Labute approximate surface area is 132 Å². The maximum Gasteiger partial charge on any atom is 0.0702 e. The van der Waals surface area contributed by atoms with Gasteiger partial charge in [0.1, 0.15) is 0 Å². The number of anilines is 1. The van der Waals surface area contributed by atoms with Crippen molar-refractivity contribution in [1.29, 1.82) is 0 Å². The Hall–Kier alpha value is -0.540. The molecule has 0 amide bonds. The molecule has 0 bridgehead atoms. The highest BCUT2D eigenvalue weighted by molar-refractivity contribution is 9.10. The fraction of sp³-hybridized carbons (Fsp3) is 0.647. The zero-order chi connectivity index (χ0) is 15.1. The van der Waals surface area contributed by atoms with Crippen molar-refractivity contribution in [3.8, 4) is 0 Å². The Morgan fingerprint density at radius 1 is 1.05 bits per heavy atom. The van der Waals surface area contributed by atoms with E-state index in [0.717, 1.165) is 23.1 Å². The average molecular weight is 342 g/mol. The Bertz CT molecular complexity index is 392. The zero-order valence-electron chi connectivity index (χ0n) is 13.2. The number of hydrogen-bond acceptors (Lipinski definition) is 2. The van der Waals surface area contributed by atoms with Crippen LogP contribution in [0.3, 0.4) is 0 Å². The van der Waals surface area contributed by atoms with Gasteiger partial charge in [0, 0.05) is 28.8 Å². The molecule has 0 unspecified atom stereocenters. The van der Waals surface area contributed by atoms with Crippen LogP contribution in [0.2, 0.25) is 0 Å². The molecule has 3 heteroatoms. The number of rotatable bonds is 8. The molecule has 1 aromatic carbocycles. The molecule has 0 heterocycles. The quantitative estimate of drug-likeness (QED) is 0.731. The molecule has 0 saturated carbocycles. The number of nitrogens with zero attached hydrogens (tertiary/aromatic N) is 1. The summed E-state index contributed by atoms with van der Waals surface area (Å²) in [5, 5.41) is 9.60. The molecule has 0 aromatic heterocycles. The predicted octanol–water partition coefficient (Wildman–Crippen LogP) is 4.84. The largest absolute Gasteiger partial charge is 0.392 e. The molecule has 0 aliphatic heterocycles. The van der Waals surface area contributed by atoms with E-state index in [4.69, 9.17) is 0 Å². The summed E-state index contributed by atoms with van der Waals surface area (Å²) >= 11 is 3.48. The molecule has 1 rings (SSSR count). The van der Waals surface area contributed by atoms with E-state index >= 15 is 0 Å². The van der Waals surface area contributed by atoms with Crippen molar-refractivity contribution < 1.29 is 5.11 Å². The predicted molar refractivity (Wildman–Crippen MR) is 91.2 cm³/mol. The molecule has 1 aromatic rings. The third-order valence-electron chi connectivity index (χ3n) is 3.51. The summed E-state index contributed by atoms with van der Waals surface area (Å²) in [5.41, 5.74) is 2.18. The van der Waals surface area contributed by atoms with Crippen molar-refractivity contribution >= 4 is 21.6 Å². The fourth-order valence-electron chi connectivity index (χ4n) is 2.17. The lowest BCUT2D eigenvalue weighted by atomic mass is 10.1. The van der Waals surface area contributed by atoms with Crippen LogP contribution >= 0.6 is 15.9 Å². The van der Waals surface area contributed by atoms with Crippen molar-refractivity contribution in [2.45, 2.75) is 47.1 Å². The minimum atomic E-state index is 0.0919. The normalized spacial score (nSPS) is 11.4. The first kappa shape index (κ1) is 17.5. The van der Waals surface area contributed by atoms with E-state index < -0.39 is 0 Å². The Balaban J connectivity index is 2.89. The highest BCUT2D eigenvalue weighted by atomic mass is 79.9. The second-order valence-electron chi connectivity index (χ2n) is 6.28. The van der Waals surface area contributed by atoms with Crippen molar-refractivity contribution in [2.24, 2.45) is 11.8 Å². The van der Waals surface area contributed by atoms with Crippen molar-refractivity contribution in [2.75, 3.05) is 18.0 Å². The van der Waals surface area contributed by atoms with Gasteiger partial charge in [-0.2, -0.15) is 0 Å². The van der Waals surface area contributed by atoms with Crippen LogP contribution in [0.4, 0.5) is 5.69 Å². The van der Waals surface area contributed by atoms with Gasteiger partial charge in [0.15, 0.2) is 0 Å². The van der Waals surface area contributed by atoms with Crippen LogP contribution in [-0.4, -0.2) is 18.2 Å². The summed E-state index contributed by atoms with van der Waals surface area (Å²) in [5.74, 6) is 1.40. The smallest absolute Gasteiger partial charge is 0.0702 e. The van der Waals surface area contributed by atoms with Gasteiger partial charge in [0.25, 0.3) is 0 Å². The first-order valence-electron chi connectivity index (χ1n) is 7.58. The summed E-state index contributed by atoms with van der Waals surface area (Å²) in [6.07, 6.45) is 2.36. The van der Waals surface area contributed by atoms with Crippen LogP contribution in [0.1, 0.15) is 46.1 Å². The molecule has 20 heavy (non-hydrogen) atoms. The second kappa shape index (κ2) is 8.68. The Morgan fingerprint density at radius 2 is 1.60 bits per heavy atom. The Kier molecular flexibility index (Phi) is 7.60. The molecule has 0 aliphatic carbocycles. The highest BCUT2D eigenvalue weighted by Gasteiger charge is 2.12. The second-order valence-corrected chi connectivity index (χ2v) is 7.20. The lowest BCUT2D eigenvalue weighted by Crippen LogP contribution is -2.28. The van der Waals surface area contributed by atoms with Crippen LogP contribution in [0, 0.1) is 11.8 Å². The molecule has 0 aliphatic rings. The van der Waals surface area contributed by atoms with Gasteiger partial charge < -0.3 is 10.0 Å². The first-order valence-corrected chi connectivity index (χ1v) is 8.37. The summed E-state index contributed by atoms with van der Waals surface area (Å²) < 4.78 is 1.03. The van der Waals surface area contributed by atoms with Crippen LogP contribution in [-0.2, 0) is 6.61 Å². The molecule has 0 spiro atoms. The molecule has 0 radical (unpaired) electrons. The van der Waals surface area contributed by atoms with E-state index in [1.54, 1.807) is 0 Å². The van der Waals surface area contributed by atoms with E-state index in [2.05, 4.69) is 60.7 Å². The summed E-state index contributed by atoms with van der Waals surface area (Å²) in [4.78, 5) is 2.43. The van der Waals surface area contributed by atoms with Crippen molar-refractivity contribution in [3.63, 3.8) is 0 Å². The summed E-state index contributed by atoms with van der Waals surface area (Å²) in [6, 6.07) is 6.20. The molecule has 114 valence electrons. The van der Waals surface area contributed by atoms with Crippen LogP contribution in [0.15, 0.2) is 22.7 Å². The van der Waals surface area contributed by atoms with Gasteiger partial charge in [-0.25, -0.2) is 0 Å². The molecule has 2 nitrogen and oxygen atoms in total. The molecular formula is C17H28BrNO. The van der Waals surface area contributed by atoms with Gasteiger partial charge in [-0.3, -0.25) is 0 Å². The van der Waals surface area contributed by atoms with E-state index in [9.17, 15) is 5.11 Å². The monoisotopic (exact) mass is 341 g/mol. The number of halogens is 1. The topological polar surface area (TPSA) is 23.5 Å². The van der Waals surface area contributed by atoms with Gasteiger partial charge in [-0.05, 0) is 42.9 Å². The van der Waals surface area contributed by atoms with E-state index in [-0.39, 0.29) is 6.61 Å². The van der Waals surface area contributed by atoms with E-state index in [1.165, 1.54) is 18.5 Å². The van der Waals surface area contributed by atoms with Gasteiger partial charge in [-0.15, -0.1) is 0 Å². The molecular weight excluding hydrogens is 314 g/mol. The van der Waals surface area contributed by atoms with E-state index in [1.807, 2.05) is 6.07 Å². The van der Waals surface area contributed by atoms with Crippen LogP contribution < -0.4 is 4.90 Å². The lowest BCUT2D eigenvalue weighted by Gasteiger charge is -2.28. The average Bonchev–Trinajstić information content (AvgIpc) is 2.38. The molecule has 0 fully saturated rings. The number of benzene rings is 1. The fourth-order valence-corrected chi connectivity index (χ4v) is 2.58. The maximum atomic E-state index is 9.60.